The number of rotatable bonds is 4. The summed E-state index contributed by atoms with van der Waals surface area (Å²) in [5.74, 6) is 0.853. The molecule has 74 valence electrons. The van der Waals surface area contributed by atoms with E-state index in [0.29, 0.717) is 12.6 Å². The number of hydrogen-bond donors (Lipinski definition) is 1. The average molecular weight is 218 g/mol. The minimum Gasteiger partial charge on any atom is -0.324 e. The van der Waals surface area contributed by atoms with E-state index in [4.69, 9.17) is 5.73 Å². The molecule has 0 amide bonds. The van der Waals surface area contributed by atoms with Crippen molar-refractivity contribution in [3.63, 3.8) is 0 Å². The van der Waals surface area contributed by atoms with E-state index in [-0.39, 0.29) is 0 Å². The van der Waals surface area contributed by atoms with E-state index in [1.165, 1.54) is 0 Å². The zero-order valence-electron chi connectivity index (χ0n) is 8.02. The second-order valence-electron chi connectivity index (χ2n) is 2.82. The van der Waals surface area contributed by atoms with Crippen LogP contribution in [0.4, 0.5) is 0 Å². The summed E-state index contributed by atoms with van der Waals surface area (Å²) in [4.78, 5) is 0. The van der Waals surface area contributed by atoms with Gasteiger partial charge in [-0.15, -0.1) is 10.2 Å². The lowest BCUT2D eigenvalue weighted by Crippen LogP contribution is -2.11. The highest BCUT2D eigenvalue weighted by atomic mass is 33.1. The first kappa shape index (κ1) is 10.9. The third-order valence-electron chi connectivity index (χ3n) is 1.59. The predicted molar refractivity (Wildman–Crippen MR) is 57.7 cm³/mol. The highest BCUT2D eigenvalue weighted by Gasteiger charge is 2.13. The maximum absolute atomic E-state index is 5.56. The average Bonchev–Trinajstić information content (AvgIpc) is 2.48. The van der Waals surface area contributed by atoms with Gasteiger partial charge in [0.2, 0.25) is 5.16 Å². The molecule has 0 aliphatic heterocycles. The fourth-order valence-corrected chi connectivity index (χ4v) is 2.50. The molecule has 1 rings (SSSR count). The van der Waals surface area contributed by atoms with Crippen molar-refractivity contribution in [2.24, 2.45) is 5.73 Å². The van der Waals surface area contributed by atoms with Crippen molar-refractivity contribution >= 4 is 21.6 Å². The molecule has 0 unspecified atom stereocenters. The van der Waals surface area contributed by atoms with Crippen LogP contribution in [0, 0.1) is 0 Å². The Morgan fingerprint density at radius 3 is 2.62 bits per heavy atom. The van der Waals surface area contributed by atoms with Crippen molar-refractivity contribution in [1.82, 2.24) is 14.8 Å². The number of nitrogens with two attached hydrogens (primary N) is 1. The Hall–Kier alpha value is -0.200. The molecule has 4 nitrogen and oxygen atoms in total. The van der Waals surface area contributed by atoms with Gasteiger partial charge in [-0.2, -0.15) is 0 Å². The smallest absolute Gasteiger partial charge is 0.202 e. The molecule has 13 heavy (non-hydrogen) atoms. The van der Waals surface area contributed by atoms with Crippen LogP contribution >= 0.6 is 21.6 Å². The molecule has 0 bridgehead atoms. The highest BCUT2D eigenvalue weighted by Crippen LogP contribution is 2.29. The summed E-state index contributed by atoms with van der Waals surface area (Å²) in [6, 6.07) is 0.364. The van der Waals surface area contributed by atoms with Gasteiger partial charge in [-0.25, -0.2) is 0 Å². The normalized spacial score (nSPS) is 11.2. The van der Waals surface area contributed by atoms with Gasteiger partial charge in [0.15, 0.2) is 0 Å². The first-order chi connectivity index (χ1) is 6.20. The Kier molecular flexibility index (Phi) is 4.08. The fraction of sp³-hybridized carbons (Fsp3) is 0.714. The van der Waals surface area contributed by atoms with Gasteiger partial charge in [-0.1, -0.05) is 10.8 Å². The van der Waals surface area contributed by atoms with E-state index in [9.17, 15) is 0 Å². The van der Waals surface area contributed by atoms with Crippen molar-refractivity contribution in [3.05, 3.63) is 5.82 Å². The Bertz CT molecular complexity index is 271. The summed E-state index contributed by atoms with van der Waals surface area (Å²) in [7, 11) is 3.28. The van der Waals surface area contributed by atoms with E-state index < -0.39 is 0 Å². The Labute approximate surface area is 86.1 Å². The Morgan fingerprint density at radius 2 is 2.15 bits per heavy atom. The van der Waals surface area contributed by atoms with Gasteiger partial charge in [-0.3, -0.25) is 0 Å². The van der Waals surface area contributed by atoms with E-state index in [0.717, 1.165) is 11.0 Å². The molecule has 0 aliphatic rings. The van der Waals surface area contributed by atoms with Crippen LogP contribution < -0.4 is 5.73 Å². The van der Waals surface area contributed by atoms with E-state index in [2.05, 4.69) is 28.6 Å². The zero-order chi connectivity index (χ0) is 9.84. The summed E-state index contributed by atoms with van der Waals surface area (Å²) in [6.45, 7) is 4.65. The molecule has 0 atom stereocenters. The van der Waals surface area contributed by atoms with Crippen LogP contribution in [0.1, 0.15) is 25.7 Å². The van der Waals surface area contributed by atoms with Gasteiger partial charge >= 0.3 is 0 Å². The van der Waals surface area contributed by atoms with Gasteiger partial charge in [0.05, 0.1) is 6.54 Å². The van der Waals surface area contributed by atoms with Crippen molar-refractivity contribution in [2.45, 2.75) is 31.6 Å². The van der Waals surface area contributed by atoms with Crippen LogP contribution in [0.3, 0.4) is 0 Å². The van der Waals surface area contributed by atoms with Crippen molar-refractivity contribution in [1.29, 1.82) is 0 Å². The second kappa shape index (κ2) is 4.88. The quantitative estimate of drug-likeness (QED) is 0.779. The van der Waals surface area contributed by atoms with Crippen molar-refractivity contribution in [2.75, 3.05) is 6.26 Å². The second-order valence-corrected chi connectivity index (χ2v) is 5.18. The Balaban J connectivity index is 2.99. The molecule has 0 aromatic carbocycles. The predicted octanol–water partition coefficient (Wildman–Crippen LogP) is 1.69. The molecule has 0 spiro atoms. The SMILES string of the molecule is CSSc1nnc(CN)n1C(C)C. The molecule has 2 N–H and O–H groups in total. The van der Waals surface area contributed by atoms with Crippen LogP contribution in [0.2, 0.25) is 0 Å². The Morgan fingerprint density at radius 1 is 1.46 bits per heavy atom. The summed E-state index contributed by atoms with van der Waals surface area (Å²) >= 11 is 0. The van der Waals surface area contributed by atoms with Crippen LogP contribution in [-0.2, 0) is 6.54 Å². The monoisotopic (exact) mass is 218 g/mol. The van der Waals surface area contributed by atoms with E-state index >= 15 is 0 Å². The van der Waals surface area contributed by atoms with Gasteiger partial charge in [-0.05, 0) is 30.9 Å². The molecule has 0 aliphatic carbocycles. The molecule has 0 fully saturated rings. The molecular formula is C7H14N4S2. The molecule has 1 aromatic heterocycles. The van der Waals surface area contributed by atoms with Crippen molar-refractivity contribution < 1.29 is 0 Å². The molecule has 1 heterocycles. The largest absolute Gasteiger partial charge is 0.324 e. The van der Waals surface area contributed by atoms with E-state index in [1.54, 1.807) is 21.6 Å². The van der Waals surface area contributed by atoms with Crippen LogP contribution in [0.15, 0.2) is 5.16 Å². The minimum atomic E-state index is 0.364. The standard InChI is InChI=1S/C7H14N4S2/c1-5(2)11-6(4-8)9-10-7(11)13-12-3/h5H,4,8H2,1-3H3. The van der Waals surface area contributed by atoms with Crippen LogP contribution in [0.25, 0.3) is 0 Å². The third kappa shape index (κ3) is 2.38. The lowest BCUT2D eigenvalue weighted by molar-refractivity contribution is 0.527. The first-order valence-electron chi connectivity index (χ1n) is 4.05. The lowest BCUT2D eigenvalue weighted by Gasteiger charge is -2.11. The highest BCUT2D eigenvalue weighted by molar-refractivity contribution is 8.76. The first-order valence-corrected chi connectivity index (χ1v) is 6.61. The minimum absolute atomic E-state index is 0.364. The third-order valence-corrected chi connectivity index (χ3v) is 3.13. The molecular weight excluding hydrogens is 204 g/mol. The zero-order valence-corrected chi connectivity index (χ0v) is 9.65. The van der Waals surface area contributed by atoms with E-state index in [1.807, 2.05) is 6.26 Å². The molecule has 1 aromatic rings. The summed E-state index contributed by atoms with van der Waals surface area (Å²) in [5, 5.41) is 9.03. The molecule has 0 saturated carbocycles. The lowest BCUT2D eigenvalue weighted by atomic mass is 10.4. The van der Waals surface area contributed by atoms with Crippen molar-refractivity contribution in [3.8, 4) is 0 Å². The molecule has 0 saturated heterocycles. The van der Waals surface area contributed by atoms with Crippen LogP contribution in [-0.4, -0.2) is 21.0 Å². The number of nitrogens with zero attached hydrogens (tertiary/aromatic N) is 3. The summed E-state index contributed by atoms with van der Waals surface area (Å²) < 4.78 is 2.07. The maximum Gasteiger partial charge on any atom is 0.202 e. The van der Waals surface area contributed by atoms with Gasteiger partial charge < -0.3 is 10.3 Å². The molecule has 0 radical (unpaired) electrons. The maximum atomic E-state index is 5.56. The van der Waals surface area contributed by atoms with Gasteiger partial charge in [0, 0.05) is 6.04 Å². The fourth-order valence-electron chi connectivity index (χ4n) is 1.10. The number of hydrogen-bond acceptors (Lipinski definition) is 5. The molecule has 6 heteroatoms. The summed E-state index contributed by atoms with van der Waals surface area (Å²) in [5.41, 5.74) is 5.56. The topological polar surface area (TPSA) is 56.7 Å². The van der Waals surface area contributed by atoms with Crippen LogP contribution in [0.5, 0.6) is 0 Å². The number of aromatic nitrogens is 3. The van der Waals surface area contributed by atoms with Gasteiger partial charge in [0.1, 0.15) is 5.82 Å². The summed E-state index contributed by atoms with van der Waals surface area (Å²) in [6.07, 6.45) is 2.02. The van der Waals surface area contributed by atoms with Gasteiger partial charge in [0.25, 0.3) is 0 Å².